The molecule has 1 fully saturated rings. The van der Waals surface area contributed by atoms with E-state index in [-0.39, 0.29) is 23.9 Å². The van der Waals surface area contributed by atoms with Crippen LogP contribution in [0.15, 0.2) is 36.4 Å². The zero-order valence-electron chi connectivity index (χ0n) is 24.6. The molecule has 9 heteroatoms. The van der Waals surface area contributed by atoms with Gasteiger partial charge in [0.25, 0.3) is 5.91 Å². The summed E-state index contributed by atoms with van der Waals surface area (Å²) in [4.78, 5) is 15.7. The Bertz CT molecular complexity index is 1450. The van der Waals surface area contributed by atoms with Crippen molar-refractivity contribution in [2.24, 2.45) is 23.7 Å². The van der Waals surface area contributed by atoms with E-state index in [0.717, 1.165) is 75.2 Å². The minimum atomic E-state index is -3.87. The first-order valence-electron chi connectivity index (χ1n) is 15.6. The van der Waals surface area contributed by atoms with Gasteiger partial charge in [0.2, 0.25) is 10.0 Å². The van der Waals surface area contributed by atoms with Crippen LogP contribution in [0.1, 0.15) is 80.3 Å². The number of carbonyl (C=O) groups is 1. The van der Waals surface area contributed by atoms with E-state index in [2.05, 4.69) is 21.8 Å². The van der Waals surface area contributed by atoms with E-state index in [4.69, 9.17) is 16.3 Å². The van der Waals surface area contributed by atoms with E-state index >= 15 is 0 Å². The van der Waals surface area contributed by atoms with Crippen LogP contribution in [0, 0.1) is 23.7 Å². The number of benzene rings is 2. The van der Waals surface area contributed by atoms with Crippen molar-refractivity contribution in [1.82, 2.24) is 4.72 Å². The van der Waals surface area contributed by atoms with Crippen molar-refractivity contribution in [3.63, 3.8) is 0 Å². The number of amides is 1. The number of ether oxygens (including phenoxy) is 1. The highest BCUT2D eigenvalue weighted by atomic mass is 35.5. The molecule has 4 unspecified atom stereocenters. The lowest BCUT2D eigenvalue weighted by Crippen LogP contribution is -2.49. The average molecular weight is 615 g/mol. The minimum absolute atomic E-state index is 0.111. The van der Waals surface area contributed by atoms with Gasteiger partial charge in [-0.3, -0.25) is 4.79 Å². The summed E-state index contributed by atoms with van der Waals surface area (Å²) in [5.74, 6) is 1.05. The maximum atomic E-state index is 13.4. The summed E-state index contributed by atoms with van der Waals surface area (Å²) < 4.78 is 35.3. The molecular formula is C33H43ClN2O5S. The molecule has 0 radical (unpaired) electrons. The lowest BCUT2D eigenvalue weighted by molar-refractivity contribution is 0.0569. The lowest BCUT2D eigenvalue weighted by Gasteiger charge is -2.46. The Morgan fingerprint density at radius 1 is 1.10 bits per heavy atom. The zero-order chi connectivity index (χ0) is 29.6. The first-order valence-corrected chi connectivity index (χ1v) is 17.5. The number of carbonyl (C=O) groups excluding carboxylic acids is 1. The summed E-state index contributed by atoms with van der Waals surface area (Å²) in [7, 11) is -3.87. The van der Waals surface area contributed by atoms with Gasteiger partial charge in [0.05, 0.1) is 17.5 Å². The van der Waals surface area contributed by atoms with Crippen LogP contribution in [-0.2, 0) is 21.9 Å². The third-order valence-corrected chi connectivity index (χ3v) is 13.0. The summed E-state index contributed by atoms with van der Waals surface area (Å²) in [6, 6.07) is 11.5. The molecule has 2 aromatic carbocycles. The van der Waals surface area contributed by atoms with Crippen molar-refractivity contribution in [2.75, 3.05) is 31.2 Å². The van der Waals surface area contributed by atoms with Crippen LogP contribution in [0.25, 0.3) is 0 Å². The highest BCUT2D eigenvalue weighted by Gasteiger charge is 2.44. The molecule has 2 aromatic rings. The van der Waals surface area contributed by atoms with Crippen molar-refractivity contribution in [2.45, 2.75) is 75.9 Å². The quantitative estimate of drug-likeness (QED) is 0.427. The number of aliphatic hydroxyl groups is 1. The van der Waals surface area contributed by atoms with Crippen molar-refractivity contribution < 1.29 is 23.1 Å². The molecule has 42 heavy (non-hydrogen) atoms. The molecule has 6 rings (SSSR count). The molecule has 2 N–H and O–H groups in total. The third-order valence-electron chi connectivity index (χ3n) is 10.8. The number of anilines is 1. The van der Waals surface area contributed by atoms with Gasteiger partial charge in [0.1, 0.15) is 5.75 Å². The molecule has 0 aromatic heterocycles. The molecule has 2 bridgehead atoms. The Labute approximate surface area is 255 Å². The van der Waals surface area contributed by atoms with Crippen LogP contribution < -0.4 is 14.4 Å². The van der Waals surface area contributed by atoms with Crippen LogP contribution in [0.5, 0.6) is 5.75 Å². The van der Waals surface area contributed by atoms with Crippen LogP contribution in [0.4, 0.5) is 5.69 Å². The van der Waals surface area contributed by atoms with Crippen molar-refractivity contribution >= 4 is 33.2 Å². The predicted octanol–water partition coefficient (Wildman–Crippen LogP) is 5.72. The first-order chi connectivity index (χ1) is 20.1. The Kier molecular flexibility index (Phi) is 8.26. The topological polar surface area (TPSA) is 95.9 Å². The molecule has 228 valence electrons. The summed E-state index contributed by atoms with van der Waals surface area (Å²) in [5.41, 5.74) is 3.46. The molecule has 2 heterocycles. The maximum absolute atomic E-state index is 13.4. The van der Waals surface area contributed by atoms with E-state index in [1.165, 1.54) is 11.1 Å². The van der Waals surface area contributed by atoms with Gasteiger partial charge in [-0.15, -0.1) is 0 Å². The monoisotopic (exact) mass is 614 g/mol. The SMILES string of the molecule is CC1CCC[C@H](CO)C2CCC2CN2C[C@@]3(CCCc4cc(Cl)ccc43)COc3ccc(cc32)C(=O)NS(=O)(=O)C1C. The lowest BCUT2D eigenvalue weighted by atomic mass is 9.65. The second-order valence-electron chi connectivity index (χ2n) is 13.3. The Hall–Kier alpha value is -2.29. The molecule has 2 aliphatic heterocycles. The summed E-state index contributed by atoms with van der Waals surface area (Å²) in [5, 5.41) is 10.4. The van der Waals surface area contributed by atoms with Gasteiger partial charge in [-0.2, -0.15) is 0 Å². The van der Waals surface area contributed by atoms with Crippen molar-refractivity contribution in [3.05, 3.63) is 58.1 Å². The van der Waals surface area contributed by atoms with E-state index < -0.39 is 21.2 Å². The molecule has 2 aliphatic carbocycles. The molecule has 0 saturated heterocycles. The van der Waals surface area contributed by atoms with Gasteiger partial charge in [0, 0.05) is 35.7 Å². The fourth-order valence-corrected chi connectivity index (χ4v) is 9.45. The largest absolute Gasteiger partial charge is 0.490 e. The Balaban J connectivity index is 1.42. The number of hydrogen-bond donors (Lipinski definition) is 2. The highest BCUT2D eigenvalue weighted by molar-refractivity contribution is 7.90. The number of hydrogen-bond acceptors (Lipinski definition) is 6. The number of aliphatic hydroxyl groups excluding tert-OH is 1. The summed E-state index contributed by atoms with van der Waals surface area (Å²) in [6.45, 7) is 5.83. The Morgan fingerprint density at radius 2 is 1.93 bits per heavy atom. The number of fused-ring (bicyclic) bond motifs is 4. The third kappa shape index (κ3) is 5.55. The predicted molar refractivity (Wildman–Crippen MR) is 166 cm³/mol. The number of sulfonamides is 1. The average Bonchev–Trinajstić information content (AvgIpc) is 3.10. The maximum Gasteiger partial charge on any atom is 0.264 e. The highest BCUT2D eigenvalue weighted by Crippen LogP contribution is 2.48. The second-order valence-corrected chi connectivity index (χ2v) is 15.8. The van der Waals surface area contributed by atoms with Crippen LogP contribution in [-0.4, -0.2) is 51.0 Å². The number of aryl methyl sites for hydroxylation is 1. The van der Waals surface area contributed by atoms with Crippen molar-refractivity contribution in [1.29, 1.82) is 0 Å². The van der Waals surface area contributed by atoms with Gasteiger partial charge < -0.3 is 14.7 Å². The van der Waals surface area contributed by atoms with Gasteiger partial charge in [-0.1, -0.05) is 31.0 Å². The molecule has 4 aliphatic rings. The molecule has 1 saturated carbocycles. The summed E-state index contributed by atoms with van der Waals surface area (Å²) >= 11 is 6.40. The summed E-state index contributed by atoms with van der Waals surface area (Å²) in [6.07, 6.45) is 7.70. The molecule has 1 amide bonds. The number of nitrogens with one attached hydrogen (secondary N) is 1. The zero-order valence-corrected chi connectivity index (χ0v) is 26.2. The number of rotatable bonds is 1. The van der Waals surface area contributed by atoms with E-state index in [1.807, 2.05) is 25.1 Å². The number of nitrogens with zero attached hydrogens (tertiary/aromatic N) is 1. The molecule has 7 nitrogen and oxygen atoms in total. The number of halogens is 1. The smallest absolute Gasteiger partial charge is 0.264 e. The molecule has 1 spiro atoms. The molecular weight excluding hydrogens is 572 g/mol. The fraction of sp³-hybridized carbons (Fsp3) is 0.606. The van der Waals surface area contributed by atoms with Gasteiger partial charge in [-0.25, -0.2) is 13.1 Å². The van der Waals surface area contributed by atoms with Crippen LogP contribution in [0.3, 0.4) is 0 Å². The second kappa shape index (κ2) is 11.7. The van der Waals surface area contributed by atoms with Crippen LogP contribution >= 0.6 is 11.6 Å². The van der Waals surface area contributed by atoms with Gasteiger partial charge >= 0.3 is 0 Å². The van der Waals surface area contributed by atoms with Crippen molar-refractivity contribution in [3.8, 4) is 5.75 Å². The van der Waals surface area contributed by atoms with E-state index in [1.54, 1.807) is 13.0 Å². The standard InChI is InChI=1S/C33H43ClN2O5S/c1-21-5-3-6-26(18-37)28-11-8-25(28)17-36-19-33(14-4-7-23-15-27(34)10-12-29(23)33)20-41-31-13-9-24(16-30(31)36)32(38)35-42(39,40)22(21)2/h9-10,12-13,15-16,21-22,25-26,28,37H,3-8,11,14,17-20H2,1-2H3,(H,35,38)/t21?,22?,25?,26-,28?,33+/m1/s1. The molecule has 6 atom stereocenters. The fourth-order valence-electron chi connectivity index (χ4n) is 7.94. The van der Waals surface area contributed by atoms with Crippen LogP contribution in [0.2, 0.25) is 5.02 Å². The first kappa shape index (κ1) is 29.8. The normalized spacial score (nSPS) is 32.9. The van der Waals surface area contributed by atoms with Gasteiger partial charge in [-0.05, 0) is 117 Å². The van der Waals surface area contributed by atoms with E-state index in [0.29, 0.717) is 29.8 Å². The van der Waals surface area contributed by atoms with E-state index in [9.17, 15) is 18.3 Å². The van der Waals surface area contributed by atoms with Gasteiger partial charge in [0.15, 0.2) is 0 Å². The Morgan fingerprint density at radius 3 is 2.69 bits per heavy atom. The minimum Gasteiger partial charge on any atom is -0.490 e.